The molecule has 0 radical (unpaired) electrons. The van der Waals surface area contributed by atoms with Gasteiger partial charge in [-0.3, -0.25) is 4.79 Å². The molecule has 5 nitrogen and oxygen atoms in total. The molecule has 1 heterocycles. The van der Waals surface area contributed by atoms with E-state index in [-0.39, 0.29) is 18.3 Å². The normalized spacial score (nSPS) is 13.4. The maximum Gasteiger partial charge on any atom is 0.267 e. The zero-order chi connectivity index (χ0) is 18.7. The molecule has 2 aromatic carbocycles. The Labute approximate surface area is 151 Å². The molecule has 1 aromatic heterocycles. The van der Waals surface area contributed by atoms with Crippen LogP contribution in [0.5, 0.6) is 5.75 Å². The van der Waals surface area contributed by atoms with Crippen molar-refractivity contribution >= 4 is 16.8 Å². The minimum atomic E-state index is -0.976. The lowest BCUT2D eigenvalue weighted by Gasteiger charge is -2.29. The highest BCUT2D eigenvalue weighted by Gasteiger charge is 2.30. The minimum absolute atomic E-state index is 0.127. The molecule has 0 saturated heterocycles. The average molecular weight is 356 g/mol. The van der Waals surface area contributed by atoms with Gasteiger partial charge in [0.1, 0.15) is 22.9 Å². The largest absolute Gasteiger partial charge is 0.497 e. The molecule has 0 fully saturated rings. The lowest BCUT2D eigenvalue weighted by molar-refractivity contribution is 0.000356. The maximum atomic E-state index is 14.1. The standard InChI is InChI=1S/C20H21FN2O3/c1-20(26-3,15-6-4-5-7-16(15)21)12-22-19(24)18-10-13-8-9-14(25-2)11-17(13)23-18/h4-11,23H,12H2,1-3H3,(H,22,24). The Kier molecular flexibility index (Phi) is 4.95. The van der Waals surface area contributed by atoms with Crippen LogP contribution in [0.3, 0.4) is 0 Å². The summed E-state index contributed by atoms with van der Waals surface area (Å²) in [6, 6.07) is 13.7. The molecule has 0 aliphatic carbocycles. The Bertz CT molecular complexity index is 938. The van der Waals surface area contributed by atoms with Crippen molar-refractivity contribution in [2.45, 2.75) is 12.5 Å². The van der Waals surface area contributed by atoms with Gasteiger partial charge in [-0.05, 0) is 31.2 Å². The first-order valence-electron chi connectivity index (χ1n) is 8.22. The fourth-order valence-electron chi connectivity index (χ4n) is 2.87. The van der Waals surface area contributed by atoms with E-state index in [1.807, 2.05) is 18.2 Å². The van der Waals surface area contributed by atoms with Crippen LogP contribution in [0.1, 0.15) is 23.0 Å². The third-order valence-electron chi connectivity index (χ3n) is 4.55. The Morgan fingerprint density at radius 1 is 1.19 bits per heavy atom. The summed E-state index contributed by atoms with van der Waals surface area (Å²) in [6.07, 6.45) is 0. The second-order valence-corrected chi connectivity index (χ2v) is 6.23. The van der Waals surface area contributed by atoms with Gasteiger partial charge in [-0.25, -0.2) is 4.39 Å². The van der Waals surface area contributed by atoms with Gasteiger partial charge in [0.25, 0.3) is 5.91 Å². The first kappa shape index (κ1) is 17.9. The molecule has 136 valence electrons. The highest BCUT2D eigenvalue weighted by molar-refractivity contribution is 5.98. The number of fused-ring (bicyclic) bond motifs is 1. The first-order valence-corrected chi connectivity index (χ1v) is 8.22. The van der Waals surface area contributed by atoms with Crippen molar-refractivity contribution in [2.24, 2.45) is 0 Å². The molecule has 1 atom stereocenters. The zero-order valence-electron chi connectivity index (χ0n) is 14.9. The summed E-state index contributed by atoms with van der Waals surface area (Å²) in [5.74, 6) is 0.0430. The molecule has 1 amide bonds. The molecule has 1 unspecified atom stereocenters. The van der Waals surface area contributed by atoms with Gasteiger partial charge in [0, 0.05) is 29.6 Å². The summed E-state index contributed by atoms with van der Waals surface area (Å²) in [4.78, 5) is 15.6. The molecule has 2 N–H and O–H groups in total. The number of rotatable bonds is 6. The van der Waals surface area contributed by atoms with Gasteiger partial charge in [-0.2, -0.15) is 0 Å². The topological polar surface area (TPSA) is 63.4 Å². The average Bonchev–Trinajstić information content (AvgIpc) is 3.09. The Hall–Kier alpha value is -2.86. The highest BCUT2D eigenvalue weighted by atomic mass is 19.1. The smallest absolute Gasteiger partial charge is 0.267 e. The Morgan fingerprint density at radius 3 is 2.65 bits per heavy atom. The van der Waals surface area contributed by atoms with Crippen molar-refractivity contribution < 1.29 is 18.7 Å². The van der Waals surface area contributed by atoms with E-state index in [4.69, 9.17) is 9.47 Å². The Balaban J connectivity index is 1.78. The van der Waals surface area contributed by atoms with Gasteiger partial charge >= 0.3 is 0 Å². The van der Waals surface area contributed by atoms with Crippen molar-refractivity contribution in [3.63, 3.8) is 0 Å². The monoisotopic (exact) mass is 356 g/mol. The zero-order valence-corrected chi connectivity index (χ0v) is 14.9. The van der Waals surface area contributed by atoms with Crippen LogP contribution in [0.15, 0.2) is 48.5 Å². The van der Waals surface area contributed by atoms with Gasteiger partial charge in [-0.15, -0.1) is 0 Å². The number of benzene rings is 2. The lowest BCUT2D eigenvalue weighted by atomic mass is 9.95. The first-order chi connectivity index (χ1) is 12.5. The second kappa shape index (κ2) is 7.17. The van der Waals surface area contributed by atoms with Crippen molar-refractivity contribution in [1.29, 1.82) is 0 Å². The fourth-order valence-corrected chi connectivity index (χ4v) is 2.87. The van der Waals surface area contributed by atoms with Crippen LogP contribution in [-0.4, -0.2) is 31.7 Å². The van der Waals surface area contributed by atoms with Crippen molar-refractivity contribution in [2.75, 3.05) is 20.8 Å². The van der Waals surface area contributed by atoms with Crippen LogP contribution in [0.2, 0.25) is 0 Å². The van der Waals surface area contributed by atoms with Gasteiger partial charge in [-0.1, -0.05) is 18.2 Å². The molecule has 3 aromatic rings. The van der Waals surface area contributed by atoms with E-state index in [2.05, 4.69) is 10.3 Å². The van der Waals surface area contributed by atoms with E-state index in [1.54, 1.807) is 38.3 Å². The number of amides is 1. The van der Waals surface area contributed by atoms with Crippen molar-refractivity contribution in [1.82, 2.24) is 10.3 Å². The quantitative estimate of drug-likeness (QED) is 0.709. The van der Waals surface area contributed by atoms with Crippen LogP contribution in [0.25, 0.3) is 10.9 Å². The molecule has 3 rings (SSSR count). The summed E-state index contributed by atoms with van der Waals surface area (Å²) < 4.78 is 24.8. The van der Waals surface area contributed by atoms with Crippen LogP contribution in [0, 0.1) is 5.82 Å². The van der Waals surface area contributed by atoms with E-state index >= 15 is 0 Å². The third-order valence-corrected chi connectivity index (χ3v) is 4.55. The van der Waals surface area contributed by atoms with Crippen LogP contribution in [-0.2, 0) is 10.3 Å². The van der Waals surface area contributed by atoms with E-state index in [1.165, 1.54) is 13.2 Å². The SMILES string of the molecule is COc1ccc2cc(C(=O)NCC(C)(OC)c3ccccc3F)[nH]c2c1. The van der Waals surface area contributed by atoms with Crippen LogP contribution in [0.4, 0.5) is 4.39 Å². The number of nitrogens with one attached hydrogen (secondary N) is 2. The van der Waals surface area contributed by atoms with Gasteiger partial charge in [0.15, 0.2) is 0 Å². The molecular formula is C20H21FN2O3. The predicted molar refractivity (Wildman–Crippen MR) is 97.9 cm³/mol. The summed E-state index contributed by atoms with van der Waals surface area (Å²) in [5.41, 5.74) is 0.638. The molecule has 6 heteroatoms. The molecule has 0 aliphatic rings. The number of H-pyrrole nitrogens is 1. The highest BCUT2D eigenvalue weighted by Crippen LogP contribution is 2.26. The molecule has 0 bridgehead atoms. The lowest BCUT2D eigenvalue weighted by Crippen LogP contribution is -2.40. The predicted octanol–water partition coefficient (Wildman–Crippen LogP) is 3.61. The minimum Gasteiger partial charge on any atom is -0.497 e. The van der Waals surface area contributed by atoms with Gasteiger partial charge in [0.05, 0.1) is 13.7 Å². The van der Waals surface area contributed by atoms with E-state index in [0.29, 0.717) is 17.0 Å². The number of ether oxygens (including phenoxy) is 2. The maximum absolute atomic E-state index is 14.1. The van der Waals surface area contributed by atoms with Crippen molar-refractivity contribution in [3.8, 4) is 5.75 Å². The number of carbonyl (C=O) groups excluding carboxylic acids is 1. The number of hydrogen-bond donors (Lipinski definition) is 2. The van der Waals surface area contributed by atoms with Gasteiger partial charge < -0.3 is 19.8 Å². The van der Waals surface area contributed by atoms with Gasteiger partial charge in [0.2, 0.25) is 0 Å². The van der Waals surface area contributed by atoms with Crippen molar-refractivity contribution in [3.05, 3.63) is 65.6 Å². The van der Waals surface area contributed by atoms with E-state index < -0.39 is 5.60 Å². The fraction of sp³-hybridized carbons (Fsp3) is 0.250. The number of carbonyl (C=O) groups is 1. The summed E-state index contributed by atoms with van der Waals surface area (Å²) in [5, 5.41) is 3.72. The molecule has 0 saturated carbocycles. The number of halogens is 1. The third kappa shape index (κ3) is 3.41. The number of aromatic nitrogens is 1. The molecular weight excluding hydrogens is 335 g/mol. The summed E-state index contributed by atoms with van der Waals surface area (Å²) in [6.45, 7) is 1.86. The number of methoxy groups -OCH3 is 2. The van der Waals surface area contributed by atoms with E-state index in [0.717, 1.165) is 10.9 Å². The molecule has 26 heavy (non-hydrogen) atoms. The van der Waals surface area contributed by atoms with E-state index in [9.17, 15) is 9.18 Å². The van der Waals surface area contributed by atoms with Crippen LogP contribution < -0.4 is 10.1 Å². The number of aromatic amines is 1. The molecule has 0 aliphatic heterocycles. The number of hydrogen-bond acceptors (Lipinski definition) is 3. The summed E-state index contributed by atoms with van der Waals surface area (Å²) >= 11 is 0. The second-order valence-electron chi connectivity index (χ2n) is 6.23. The van der Waals surface area contributed by atoms with Crippen LogP contribution >= 0.6 is 0 Å². The Morgan fingerprint density at radius 2 is 1.96 bits per heavy atom. The summed E-state index contributed by atoms with van der Waals surface area (Å²) in [7, 11) is 3.08. The molecule has 0 spiro atoms.